The number of allylic oxidation sites excluding steroid dienone is 1. The second kappa shape index (κ2) is 4.55. The van der Waals surface area contributed by atoms with Crippen molar-refractivity contribution in [3.8, 4) is 0 Å². The van der Waals surface area contributed by atoms with E-state index in [9.17, 15) is 0 Å². The van der Waals surface area contributed by atoms with Crippen LogP contribution < -0.4 is 5.32 Å². The lowest BCUT2D eigenvalue weighted by Gasteiger charge is -2.08. The third-order valence-electron chi connectivity index (χ3n) is 2.22. The Kier molecular flexibility index (Phi) is 3.64. The average Bonchev–Trinajstić information content (AvgIpc) is 2.72. The molecular weight excluding hydrogens is 134 g/mol. The lowest BCUT2D eigenvalue weighted by Crippen LogP contribution is -2.19. The quantitative estimate of drug-likeness (QED) is 0.577. The summed E-state index contributed by atoms with van der Waals surface area (Å²) in [5.41, 5.74) is 0. The maximum atomic E-state index is 3.74. The zero-order valence-electron chi connectivity index (χ0n) is 7.47. The van der Waals surface area contributed by atoms with Crippen molar-refractivity contribution in [2.24, 2.45) is 5.92 Å². The minimum Gasteiger partial charge on any atom is -0.314 e. The van der Waals surface area contributed by atoms with Gasteiger partial charge in [0.2, 0.25) is 0 Å². The summed E-state index contributed by atoms with van der Waals surface area (Å²) in [6, 6.07) is 0.867. The van der Waals surface area contributed by atoms with Crippen LogP contribution in [0.5, 0.6) is 0 Å². The molecule has 1 atom stereocenters. The van der Waals surface area contributed by atoms with Gasteiger partial charge in [-0.2, -0.15) is 0 Å². The van der Waals surface area contributed by atoms with Gasteiger partial charge < -0.3 is 5.32 Å². The van der Waals surface area contributed by atoms with Crippen molar-refractivity contribution in [3.05, 3.63) is 12.7 Å². The molecule has 0 heterocycles. The molecule has 1 N–H and O–H groups in total. The molecule has 1 aliphatic carbocycles. The summed E-state index contributed by atoms with van der Waals surface area (Å²) < 4.78 is 0. The molecule has 64 valence electrons. The molecule has 1 heteroatoms. The molecule has 0 aromatic heterocycles. The van der Waals surface area contributed by atoms with Gasteiger partial charge in [0, 0.05) is 6.04 Å². The highest BCUT2D eigenvalue weighted by molar-refractivity contribution is 4.81. The van der Waals surface area contributed by atoms with E-state index in [2.05, 4.69) is 18.8 Å². The maximum Gasteiger partial charge on any atom is 0.00682 e. The standard InChI is InChI=1S/C10H19N/c1-3-4-9(2)7-8-11-10-5-6-10/h3,9-11H,1,4-8H2,2H3. The molecule has 0 spiro atoms. The second-order valence-electron chi connectivity index (χ2n) is 3.65. The molecule has 0 aromatic carbocycles. The third kappa shape index (κ3) is 4.20. The van der Waals surface area contributed by atoms with Gasteiger partial charge in [-0.15, -0.1) is 6.58 Å². The first-order valence-electron chi connectivity index (χ1n) is 4.67. The Morgan fingerprint density at radius 3 is 2.91 bits per heavy atom. The van der Waals surface area contributed by atoms with E-state index in [1.807, 2.05) is 6.08 Å². The van der Waals surface area contributed by atoms with Crippen LogP contribution in [-0.2, 0) is 0 Å². The topological polar surface area (TPSA) is 12.0 Å². The van der Waals surface area contributed by atoms with E-state index in [1.165, 1.54) is 25.8 Å². The van der Waals surface area contributed by atoms with Crippen molar-refractivity contribution >= 4 is 0 Å². The first-order valence-corrected chi connectivity index (χ1v) is 4.67. The zero-order valence-corrected chi connectivity index (χ0v) is 7.47. The van der Waals surface area contributed by atoms with Crippen LogP contribution in [0.2, 0.25) is 0 Å². The maximum absolute atomic E-state index is 3.74. The molecule has 1 saturated carbocycles. The Morgan fingerprint density at radius 1 is 1.64 bits per heavy atom. The summed E-state index contributed by atoms with van der Waals surface area (Å²) in [5, 5.41) is 3.51. The molecule has 11 heavy (non-hydrogen) atoms. The lowest BCUT2D eigenvalue weighted by molar-refractivity contribution is 0.505. The van der Waals surface area contributed by atoms with E-state index >= 15 is 0 Å². The highest BCUT2D eigenvalue weighted by atomic mass is 14.9. The lowest BCUT2D eigenvalue weighted by atomic mass is 10.0. The fourth-order valence-corrected chi connectivity index (χ4v) is 1.22. The molecule has 0 amide bonds. The van der Waals surface area contributed by atoms with Crippen molar-refractivity contribution in [1.82, 2.24) is 5.32 Å². The van der Waals surface area contributed by atoms with Crippen LogP contribution in [0, 0.1) is 5.92 Å². The summed E-state index contributed by atoms with van der Waals surface area (Å²) in [5.74, 6) is 0.804. The van der Waals surface area contributed by atoms with Crippen LogP contribution in [-0.4, -0.2) is 12.6 Å². The number of hydrogen-bond acceptors (Lipinski definition) is 1. The molecule has 0 bridgehead atoms. The van der Waals surface area contributed by atoms with Crippen molar-refractivity contribution in [1.29, 1.82) is 0 Å². The van der Waals surface area contributed by atoms with E-state index < -0.39 is 0 Å². The predicted octanol–water partition coefficient (Wildman–Crippen LogP) is 2.34. The highest BCUT2D eigenvalue weighted by Gasteiger charge is 2.19. The van der Waals surface area contributed by atoms with Gasteiger partial charge in [-0.05, 0) is 38.1 Å². The molecule has 1 rings (SSSR count). The summed E-state index contributed by atoms with van der Waals surface area (Å²) >= 11 is 0. The van der Waals surface area contributed by atoms with E-state index in [1.54, 1.807) is 0 Å². The SMILES string of the molecule is C=CCC(C)CCNC1CC1. The summed E-state index contributed by atoms with van der Waals surface area (Å²) in [6.45, 7) is 7.22. The fraction of sp³-hybridized carbons (Fsp3) is 0.800. The van der Waals surface area contributed by atoms with Crippen LogP contribution in [0.4, 0.5) is 0 Å². The van der Waals surface area contributed by atoms with Gasteiger partial charge in [0.1, 0.15) is 0 Å². The normalized spacial score (nSPS) is 19.7. The molecule has 1 fully saturated rings. The minimum atomic E-state index is 0.804. The van der Waals surface area contributed by atoms with Gasteiger partial charge in [-0.25, -0.2) is 0 Å². The van der Waals surface area contributed by atoms with Gasteiger partial charge in [-0.3, -0.25) is 0 Å². The molecule has 0 aliphatic heterocycles. The first kappa shape index (κ1) is 8.79. The Balaban J connectivity index is 1.87. The van der Waals surface area contributed by atoms with E-state index in [-0.39, 0.29) is 0 Å². The van der Waals surface area contributed by atoms with Crippen LogP contribution in [0.3, 0.4) is 0 Å². The fourth-order valence-electron chi connectivity index (χ4n) is 1.22. The van der Waals surface area contributed by atoms with Crippen molar-refractivity contribution < 1.29 is 0 Å². The minimum absolute atomic E-state index is 0.804. The second-order valence-corrected chi connectivity index (χ2v) is 3.65. The van der Waals surface area contributed by atoms with Gasteiger partial charge >= 0.3 is 0 Å². The molecular formula is C10H19N. The Labute approximate surface area is 69.9 Å². The predicted molar refractivity (Wildman–Crippen MR) is 49.6 cm³/mol. The highest BCUT2D eigenvalue weighted by Crippen LogP contribution is 2.18. The Bertz CT molecular complexity index is 116. The van der Waals surface area contributed by atoms with E-state index in [0.29, 0.717) is 0 Å². The van der Waals surface area contributed by atoms with Crippen molar-refractivity contribution in [2.75, 3.05) is 6.54 Å². The zero-order chi connectivity index (χ0) is 8.10. The molecule has 0 radical (unpaired) electrons. The average molecular weight is 153 g/mol. The Morgan fingerprint density at radius 2 is 2.36 bits per heavy atom. The largest absolute Gasteiger partial charge is 0.314 e. The number of nitrogens with one attached hydrogen (secondary N) is 1. The summed E-state index contributed by atoms with van der Waals surface area (Å²) in [7, 11) is 0. The van der Waals surface area contributed by atoms with Crippen LogP contribution in [0.15, 0.2) is 12.7 Å². The van der Waals surface area contributed by atoms with Crippen LogP contribution >= 0.6 is 0 Å². The van der Waals surface area contributed by atoms with Crippen molar-refractivity contribution in [2.45, 2.75) is 38.6 Å². The van der Waals surface area contributed by atoms with Crippen molar-refractivity contribution in [3.63, 3.8) is 0 Å². The summed E-state index contributed by atoms with van der Waals surface area (Å²) in [6.07, 6.45) is 7.27. The van der Waals surface area contributed by atoms with E-state index in [4.69, 9.17) is 0 Å². The van der Waals surface area contributed by atoms with Gasteiger partial charge in [0.05, 0.1) is 0 Å². The van der Waals surface area contributed by atoms with Gasteiger partial charge in [-0.1, -0.05) is 13.0 Å². The molecule has 0 saturated heterocycles. The smallest absolute Gasteiger partial charge is 0.00682 e. The molecule has 1 unspecified atom stereocenters. The van der Waals surface area contributed by atoms with Gasteiger partial charge in [0.25, 0.3) is 0 Å². The molecule has 1 nitrogen and oxygen atoms in total. The third-order valence-corrected chi connectivity index (χ3v) is 2.22. The van der Waals surface area contributed by atoms with Crippen LogP contribution in [0.25, 0.3) is 0 Å². The first-order chi connectivity index (χ1) is 5.33. The monoisotopic (exact) mass is 153 g/mol. The molecule has 0 aromatic rings. The Hall–Kier alpha value is -0.300. The number of hydrogen-bond donors (Lipinski definition) is 1. The van der Waals surface area contributed by atoms with Gasteiger partial charge in [0.15, 0.2) is 0 Å². The van der Waals surface area contributed by atoms with E-state index in [0.717, 1.165) is 18.4 Å². The summed E-state index contributed by atoms with van der Waals surface area (Å²) in [4.78, 5) is 0. The van der Waals surface area contributed by atoms with Crippen LogP contribution in [0.1, 0.15) is 32.6 Å². The molecule has 1 aliphatic rings. The number of rotatable bonds is 6.